The molecule has 1 nitrogen and oxygen atoms in total. The highest BCUT2D eigenvalue weighted by Gasteiger charge is 2.39. The largest absolute Gasteiger partial charge is 0.390 e. The predicted molar refractivity (Wildman–Crippen MR) is 54.5 cm³/mol. The van der Waals surface area contributed by atoms with Gasteiger partial charge in [-0.1, -0.05) is 0 Å². The molecule has 12 heavy (non-hydrogen) atoms. The monoisotopic (exact) mass is 246 g/mol. The van der Waals surface area contributed by atoms with Gasteiger partial charge in [-0.15, -0.1) is 11.3 Å². The number of aliphatic hydroxyl groups is 1. The van der Waals surface area contributed by atoms with Crippen LogP contribution in [0, 0.1) is 0 Å². The molecule has 1 N–H and O–H groups in total. The van der Waals surface area contributed by atoms with Gasteiger partial charge in [0.1, 0.15) is 0 Å². The summed E-state index contributed by atoms with van der Waals surface area (Å²) in [5.41, 5.74) is -0.295. The van der Waals surface area contributed by atoms with Crippen molar-refractivity contribution in [3.05, 3.63) is 20.8 Å². The summed E-state index contributed by atoms with van der Waals surface area (Å²) >= 11 is 5.18. The minimum Gasteiger partial charge on any atom is -0.390 e. The fourth-order valence-electron chi connectivity index (χ4n) is 1.24. The number of hydrogen-bond acceptors (Lipinski definition) is 2. The van der Waals surface area contributed by atoms with Crippen molar-refractivity contribution in [2.75, 3.05) is 0 Å². The fourth-order valence-corrected chi connectivity index (χ4v) is 2.69. The lowest BCUT2D eigenvalue weighted by Gasteiger charge is -2.04. The number of thiophene rings is 1. The molecule has 0 aliphatic heterocycles. The van der Waals surface area contributed by atoms with E-state index in [1.807, 2.05) is 0 Å². The van der Waals surface area contributed by atoms with Gasteiger partial charge in [-0.3, -0.25) is 0 Å². The molecule has 3 heteroatoms. The third-order valence-electron chi connectivity index (χ3n) is 2.29. The number of rotatable bonds is 3. The zero-order valence-corrected chi connectivity index (χ0v) is 9.12. The second kappa shape index (κ2) is 3.13. The molecule has 2 rings (SSSR count). The van der Waals surface area contributed by atoms with Crippen LogP contribution in [0.1, 0.15) is 24.1 Å². The molecule has 0 aromatic carbocycles. The molecule has 1 fully saturated rings. The summed E-state index contributed by atoms with van der Waals surface area (Å²) in [7, 11) is 0. The molecule has 1 heterocycles. The molecule has 0 spiro atoms. The number of aryl methyl sites for hydroxylation is 1. The second-order valence-corrected chi connectivity index (χ2v) is 5.37. The van der Waals surface area contributed by atoms with Crippen molar-refractivity contribution in [1.82, 2.24) is 0 Å². The summed E-state index contributed by atoms with van der Waals surface area (Å²) < 4.78 is 1.16. The van der Waals surface area contributed by atoms with Gasteiger partial charge < -0.3 is 5.11 Å². The van der Waals surface area contributed by atoms with Crippen molar-refractivity contribution in [1.29, 1.82) is 0 Å². The van der Waals surface area contributed by atoms with Gasteiger partial charge >= 0.3 is 0 Å². The highest BCUT2D eigenvalue weighted by Crippen LogP contribution is 2.39. The van der Waals surface area contributed by atoms with Gasteiger partial charge in [-0.25, -0.2) is 0 Å². The summed E-state index contributed by atoms with van der Waals surface area (Å²) in [6, 6.07) is 2.14. The molecule has 0 radical (unpaired) electrons. The van der Waals surface area contributed by atoms with Crippen LogP contribution in [0.3, 0.4) is 0 Å². The maximum atomic E-state index is 9.59. The van der Waals surface area contributed by atoms with Crippen molar-refractivity contribution >= 4 is 27.3 Å². The highest BCUT2D eigenvalue weighted by atomic mass is 79.9. The Morgan fingerprint density at radius 3 is 2.83 bits per heavy atom. The van der Waals surface area contributed by atoms with Crippen LogP contribution >= 0.6 is 27.3 Å². The molecule has 0 bridgehead atoms. The van der Waals surface area contributed by atoms with E-state index in [2.05, 4.69) is 27.4 Å². The van der Waals surface area contributed by atoms with E-state index in [1.54, 1.807) is 11.3 Å². The minimum absolute atomic E-state index is 0.295. The highest BCUT2D eigenvalue weighted by molar-refractivity contribution is 9.10. The Morgan fingerprint density at radius 2 is 2.33 bits per heavy atom. The van der Waals surface area contributed by atoms with Gasteiger partial charge in [0.25, 0.3) is 0 Å². The lowest BCUT2D eigenvalue weighted by molar-refractivity contribution is 0.141. The molecule has 0 amide bonds. The van der Waals surface area contributed by atoms with Crippen LogP contribution in [-0.2, 0) is 6.42 Å². The molecule has 0 atom stereocenters. The average Bonchev–Trinajstić information content (AvgIpc) is 2.60. The maximum Gasteiger partial charge on any atom is 0.0653 e. The van der Waals surface area contributed by atoms with Crippen LogP contribution < -0.4 is 0 Å². The summed E-state index contributed by atoms with van der Waals surface area (Å²) in [6.45, 7) is 0. The smallest absolute Gasteiger partial charge is 0.0653 e. The van der Waals surface area contributed by atoms with Crippen LogP contribution in [0.25, 0.3) is 0 Å². The molecular formula is C9H11BrOS. The number of halogens is 1. The van der Waals surface area contributed by atoms with E-state index in [9.17, 15) is 5.11 Å². The Balaban J connectivity index is 1.87. The normalized spacial score (nSPS) is 19.5. The lowest BCUT2D eigenvalue weighted by Crippen LogP contribution is -2.06. The molecule has 0 saturated heterocycles. The first-order chi connectivity index (χ1) is 5.68. The SMILES string of the molecule is OC1(CCc2cc(Br)cs2)CC1. The average molecular weight is 247 g/mol. The quantitative estimate of drug-likeness (QED) is 0.870. The molecule has 1 aliphatic carbocycles. The third kappa shape index (κ3) is 2.09. The maximum absolute atomic E-state index is 9.59. The van der Waals surface area contributed by atoms with Crippen LogP contribution in [0.15, 0.2) is 15.9 Å². The van der Waals surface area contributed by atoms with Crippen LogP contribution in [0.4, 0.5) is 0 Å². The van der Waals surface area contributed by atoms with E-state index >= 15 is 0 Å². The van der Waals surface area contributed by atoms with Gasteiger partial charge in [0.15, 0.2) is 0 Å². The summed E-state index contributed by atoms with van der Waals surface area (Å²) in [6.07, 6.45) is 3.95. The zero-order valence-electron chi connectivity index (χ0n) is 6.72. The van der Waals surface area contributed by atoms with Crippen molar-refractivity contribution < 1.29 is 5.11 Å². The zero-order chi connectivity index (χ0) is 8.60. The Kier molecular flexibility index (Phi) is 2.27. The summed E-state index contributed by atoms with van der Waals surface area (Å²) in [5.74, 6) is 0. The van der Waals surface area contributed by atoms with Gasteiger partial charge in [-0.05, 0) is 47.7 Å². The van der Waals surface area contributed by atoms with Crippen LogP contribution in [0.5, 0.6) is 0 Å². The first-order valence-corrected chi connectivity index (χ1v) is 5.81. The van der Waals surface area contributed by atoms with Gasteiger partial charge in [0, 0.05) is 14.7 Å². The van der Waals surface area contributed by atoms with Gasteiger partial charge in [-0.2, -0.15) is 0 Å². The Hall–Kier alpha value is 0.140. The van der Waals surface area contributed by atoms with E-state index in [0.29, 0.717) is 0 Å². The molecular weight excluding hydrogens is 236 g/mol. The Bertz CT molecular complexity index is 278. The molecule has 1 saturated carbocycles. The van der Waals surface area contributed by atoms with Crippen LogP contribution in [0.2, 0.25) is 0 Å². The number of hydrogen-bond donors (Lipinski definition) is 1. The first-order valence-electron chi connectivity index (χ1n) is 4.13. The molecule has 1 aliphatic rings. The lowest BCUT2D eigenvalue weighted by atomic mass is 10.1. The van der Waals surface area contributed by atoms with Gasteiger partial charge in [0.05, 0.1) is 5.60 Å². The van der Waals surface area contributed by atoms with E-state index in [1.165, 1.54) is 4.88 Å². The second-order valence-electron chi connectivity index (χ2n) is 3.46. The third-order valence-corrected chi connectivity index (χ3v) is 4.04. The standard InChI is InChI=1S/C9H11BrOS/c10-7-5-8(12-6-7)1-2-9(11)3-4-9/h5-6,11H,1-4H2. The van der Waals surface area contributed by atoms with Crippen molar-refractivity contribution in [2.24, 2.45) is 0 Å². The van der Waals surface area contributed by atoms with E-state index in [4.69, 9.17) is 0 Å². The van der Waals surface area contributed by atoms with Crippen LogP contribution in [-0.4, -0.2) is 10.7 Å². The molecule has 0 unspecified atom stereocenters. The summed E-state index contributed by atoms with van der Waals surface area (Å²) in [4.78, 5) is 1.36. The first kappa shape index (κ1) is 8.73. The Labute approximate surface area is 84.6 Å². The van der Waals surface area contributed by atoms with E-state index in [0.717, 1.165) is 30.2 Å². The van der Waals surface area contributed by atoms with Crippen molar-refractivity contribution in [2.45, 2.75) is 31.3 Å². The van der Waals surface area contributed by atoms with E-state index in [-0.39, 0.29) is 5.60 Å². The fraction of sp³-hybridized carbons (Fsp3) is 0.556. The van der Waals surface area contributed by atoms with Crippen molar-refractivity contribution in [3.63, 3.8) is 0 Å². The van der Waals surface area contributed by atoms with Crippen molar-refractivity contribution in [3.8, 4) is 0 Å². The van der Waals surface area contributed by atoms with Gasteiger partial charge in [0.2, 0.25) is 0 Å². The molecule has 1 aromatic heterocycles. The Morgan fingerprint density at radius 1 is 1.58 bits per heavy atom. The molecule has 1 aromatic rings. The summed E-state index contributed by atoms with van der Waals surface area (Å²) in [5, 5.41) is 11.7. The topological polar surface area (TPSA) is 20.2 Å². The predicted octanol–water partition coefficient (Wildman–Crippen LogP) is 2.97. The molecule has 66 valence electrons. The van der Waals surface area contributed by atoms with E-state index < -0.39 is 0 Å². The minimum atomic E-state index is -0.295.